The van der Waals surface area contributed by atoms with Gasteiger partial charge < -0.3 is 18.6 Å². The first-order valence-corrected chi connectivity index (χ1v) is 7.56. The summed E-state index contributed by atoms with van der Waals surface area (Å²) < 4.78 is 20.9. The molecule has 128 valence electrons. The first-order valence-electron chi connectivity index (χ1n) is 7.18. The van der Waals surface area contributed by atoms with Crippen LogP contribution in [0.3, 0.4) is 0 Å². The Morgan fingerprint density at radius 3 is 2.52 bits per heavy atom. The molecule has 1 heterocycles. The van der Waals surface area contributed by atoms with Gasteiger partial charge in [0.05, 0.1) is 25.2 Å². The first kappa shape index (κ1) is 16.9. The third-order valence-corrected chi connectivity index (χ3v) is 3.79. The molecule has 0 atom stereocenters. The summed E-state index contributed by atoms with van der Waals surface area (Å²) in [5.41, 5.74) is 0.211. The molecule has 0 amide bonds. The number of fused-ring (bicyclic) bond motifs is 1. The van der Waals surface area contributed by atoms with Crippen molar-refractivity contribution in [2.75, 3.05) is 14.2 Å². The van der Waals surface area contributed by atoms with Crippen molar-refractivity contribution in [1.82, 2.24) is 0 Å². The summed E-state index contributed by atoms with van der Waals surface area (Å²) in [7, 11) is 2.98. The number of carbonyl (C=O) groups is 1. The Bertz CT molecular complexity index is 1010. The van der Waals surface area contributed by atoms with Crippen molar-refractivity contribution in [2.24, 2.45) is 0 Å². The largest absolute Gasteiger partial charge is 0.493 e. The van der Waals surface area contributed by atoms with Gasteiger partial charge in [0, 0.05) is 6.07 Å². The second-order valence-corrected chi connectivity index (χ2v) is 5.44. The van der Waals surface area contributed by atoms with Crippen molar-refractivity contribution in [3.8, 4) is 17.2 Å². The van der Waals surface area contributed by atoms with Crippen molar-refractivity contribution >= 4 is 28.5 Å². The fourth-order valence-electron chi connectivity index (χ4n) is 2.28. The summed E-state index contributed by atoms with van der Waals surface area (Å²) in [4.78, 5) is 24.2. The maximum atomic E-state index is 12.3. The topological polar surface area (TPSA) is 75.0 Å². The maximum Gasteiger partial charge on any atom is 0.343 e. The van der Waals surface area contributed by atoms with E-state index in [1.807, 2.05) is 0 Å². The van der Waals surface area contributed by atoms with Crippen LogP contribution in [0.2, 0.25) is 5.02 Å². The molecule has 0 fully saturated rings. The lowest BCUT2D eigenvalue weighted by Crippen LogP contribution is -2.09. The van der Waals surface area contributed by atoms with Gasteiger partial charge in [0.15, 0.2) is 11.5 Å². The molecule has 0 bridgehead atoms. The molecule has 0 N–H and O–H groups in total. The zero-order valence-electron chi connectivity index (χ0n) is 13.4. The molecule has 0 spiro atoms. The number of rotatable bonds is 4. The molecular formula is C18H13ClO6. The molecule has 0 saturated carbocycles. The number of benzene rings is 2. The number of hydrogen-bond acceptors (Lipinski definition) is 6. The Kier molecular flexibility index (Phi) is 4.63. The highest BCUT2D eigenvalue weighted by Gasteiger charge is 2.14. The molecule has 0 aliphatic heterocycles. The zero-order chi connectivity index (χ0) is 18.0. The SMILES string of the molecule is COc1ccc(C(=O)Oc2ccc3c(=O)c(Cl)coc3c2)cc1OC. The first-order chi connectivity index (χ1) is 12.0. The van der Waals surface area contributed by atoms with Crippen LogP contribution in [0.15, 0.2) is 51.9 Å². The van der Waals surface area contributed by atoms with Gasteiger partial charge in [0.2, 0.25) is 5.43 Å². The Morgan fingerprint density at radius 1 is 1.04 bits per heavy atom. The Labute approximate surface area is 147 Å². The molecule has 3 rings (SSSR count). The third-order valence-electron chi connectivity index (χ3n) is 3.53. The average molecular weight is 361 g/mol. The highest BCUT2D eigenvalue weighted by molar-refractivity contribution is 6.30. The van der Waals surface area contributed by atoms with Gasteiger partial charge in [-0.3, -0.25) is 4.79 Å². The summed E-state index contributed by atoms with van der Waals surface area (Å²) >= 11 is 5.73. The Hall–Kier alpha value is -2.99. The van der Waals surface area contributed by atoms with Crippen molar-refractivity contribution in [2.45, 2.75) is 0 Å². The normalized spacial score (nSPS) is 10.5. The molecule has 0 saturated heterocycles. The predicted molar refractivity (Wildman–Crippen MR) is 92.0 cm³/mol. The van der Waals surface area contributed by atoms with E-state index in [2.05, 4.69) is 0 Å². The van der Waals surface area contributed by atoms with E-state index in [1.165, 1.54) is 38.5 Å². The number of hydrogen-bond donors (Lipinski definition) is 0. The lowest BCUT2D eigenvalue weighted by atomic mass is 10.2. The van der Waals surface area contributed by atoms with Gasteiger partial charge >= 0.3 is 5.97 Å². The number of methoxy groups -OCH3 is 2. The molecule has 3 aromatic rings. The number of ether oxygens (including phenoxy) is 3. The third kappa shape index (κ3) is 3.29. The van der Waals surface area contributed by atoms with E-state index in [9.17, 15) is 9.59 Å². The molecule has 1 aromatic heterocycles. The van der Waals surface area contributed by atoms with E-state index < -0.39 is 5.97 Å². The van der Waals surface area contributed by atoms with Crippen LogP contribution < -0.4 is 19.6 Å². The number of carbonyl (C=O) groups excluding carboxylic acids is 1. The summed E-state index contributed by atoms with van der Waals surface area (Å²) in [6.07, 6.45) is 1.15. The minimum Gasteiger partial charge on any atom is -0.493 e. The second kappa shape index (κ2) is 6.86. The van der Waals surface area contributed by atoms with Crippen LogP contribution in [-0.2, 0) is 0 Å². The molecule has 6 nitrogen and oxygen atoms in total. The van der Waals surface area contributed by atoms with E-state index in [0.717, 1.165) is 6.26 Å². The van der Waals surface area contributed by atoms with Crippen LogP contribution >= 0.6 is 11.6 Å². The smallest absolute Gasteiger partial charge is 0.343 e. The molecule has 0 unspecified atom stereocenters. The van der Waals surface area contributed by atoms with E-state index in [-0.39, 0.29) is 27.3 Å². The van der Waals surface area contributed by atoms with Crippen LogP contribution in [0.25, 0.3) is 11.0 Å². The van der Waals surface area contributed by atoms with E-state index in [0.29, 0.717) is 16.9 Å². The van der Waals surface area contributed by atoms with Gasteiger partial charge in [-0.05, 0) is 30.3 Å². The monoisotopic (exact) mass is 360 g/mol. The molecule has 0 aliphatic carbocycles. The van der Waals surface area contributed by atoms with Gasteiger partial charge in [-0.1, -0.05) is 11.6 Å². The number of esters is 1. The van der Waals surface area contributed by atoms with Gasteiger partial charge in [-0.15, -0.1) is 0 Å². The van der Waals surface area contributed by atoms with Gasteiger partial charge in [-0.25, -0.2) is 4.79 Å². The fourth-order valence-corrected chi connectivity index (χ4v) is 2.42. The predicted octanol–water partition coefficient (Wildman–Crippen LogP) is 3.68. The van der Waals surface area contributed by atoms with Crippen LogP contribution in [0, 0.1) is 0 Å². The average Bonchev–Trinajstić information content (AvgIpc) is 2.64. The quantitative estimate of drug-likeness (QED) is 0.522. The molecule has 25 heavy (non-hydrogen) atoms. The van der Waals surface area contributed by atoms with Crippen molar-refractivity contribution < 1.29 is 23.4 Å². The van der Waals surface area contributed by atoms with E-state index in [4.69, 9.17) is 30.2 Å². The van der Waals surface area contributed by atoms with E-state index in [1.54, 1.807) is 12.1 Å². The van der Waals surface area contributed by atoms with Crippen LogP contribution in [0.1, 0.15) is 10.4 Å². The lowest BCUT2D eigenvalue weighted by Gasteiger charge is -2.09. The summed E-state index contributed by atoms with van der Waals surface area (Å²) in [5, 5.41) is 0.293. The highest BCUT2D eigenvalue weighted by atomic mass is 35.5. The molecule has 2 aromatic carbocycles. The van der Waals surface area contributed by atoms with Crippen LogP contribution in [0.4, 0.5) is 0 Å². The van der Waals surface area contributed by atoms with Gasteiger partial charge in [0.1, 0.15) is 22.6 Å². The van der Waals surface area contributed by atoms with Gasteiger partial charge in [-0.2, -0.15) is 0 Å². The van der Waals surface area contributed by atoms with Gasteiger partial charge in [0.25, 0.3) is 0 Å². The van der Waals surface area contributed by atoms with Crippen LogP contribution in [0.5, 0.6) is 17.2 Å². The maximum absolute atomic E-state index is 12.3. The molecule has 0 radical (unpaired) electrons. The highest BCUT2D eigenvalue weighted by Crippen LogP contribution is 2.28. The fraction of sp³-hybridized carbons (Fsp3) is 0.111. The standard InChI is InChI=1S/C18H13ClO6/c1-22-14-6-3-10(7-16(14)23-2)18(21)25-11-4-5-12-15(8-11)24-9-13(19)17(12)20/h3-9H,1-2H3. The minimum absolute atomic E-state index is 0.0115. The minimum atomic E-state index is -0.586. The van der Waals surface area contributed by atoms with E-state index >= 15 is 0 Å². The Morgan fingerprint density at radius 2 is 1.80 bits per heavy atom. The number of halogens is 1. The summed E-state index contributed by atoms with van der Waals surface area (Å²) in [6, 6.07) is 9.12. The zero-order valence-corrected chi connectivity index (χ0v) is 14.1. The molecule has 7 heteroatoms. The van der Waals surface area contributed by atoms with Crippen molar-refractivity contribution in [3.63, 3.8) is 0 Å². The van der Waals surface area contributed by atoms with Crippen molar-refractivity contribution in [1.29, 1.82) is 0 Å². The second-order valence-electron chi connectivity index (χ2n) is 5.03. The lowest BCUT2D eigenvalue weighted by molar-refractivity contribution is 0.0734. The molecule has 0 aliphatic rings. The van der Waals surface area contributed by atoms with Crippen molar-refractivity contribution in [3.05, 3.63) is 63.5 Å². The van der Waals surface area contributed by atoms with Crippen LogP contribution in [-0.4, -0.2) is 20.2 Å². The summed E-state index contributed by atoms with van der Waals surface area (Å²) in [5.74, 6) is 0.564. The Balaban J connectivity index is 1.89. The molecular weight excluding hydrogens is 348 g/mol. The summed E-state index contributed by atoms with van der Waals surface area (Å²) in [6.45, 7) is 0.